The highest BCUT2D eigenvalue weighted by Gasteiger charge is 2.26. The third kappa shape index (κ3) is 3.50. The molecule has 0 aliphatic carbocycles. The first-order valence-electron chi connectivity index (χ1n) is 7.33. The number of benzene rings is 1. The molecular weight excluding hydrogens is 298 g/mol. The van der Waals surface area contributed by atoms with E-state index in [9.17, 15) is 9.59 Å². The first kappa shape index (κ1) is 15.1. The Morgan fingerprint density at radius 1 is 1.48 bits per heavy atom. The molecule has 0 saturated carbocycles. The first-order valence-corrected chi connectivity index (χ1v) is 7.33. The van der Waals surface area contributed by atoms with Crippen LogP contribution < -0.4 is 15.4 Å². The summed E-state index contributed by atoms with van der Waals surface area (Å²) in [5, 5.41) is 9.32. The molecule has 1 aliphatic rings. The topological polar surface area (TPSA) is 93.5 Å². The smallest absolute Gasteiger partial charge is 0.242 e. The van der Waals surface area contributed by atoms with Gasteiger partial charge in [0.25, 0.3) is 0 Å². The van der Waals surface area contributed by atoms with Crippen LogP contribution in [0.1, 0.15) is 18.5 Å². The highest BCUT2D eigenvalue weighted by Crippen LogP contribution is 2.24. The predicted octanol–water partition coefficient (Wildman–Crippen LogP) is 1.24. The summed E-state index contributed by atoms with van der Waals surface area (Å²) in [5.41, 5.74) is 1.46. The Morgan fingerprint density at radius 2 is 2.35 bits per heavy atom. The fraction of sp³-hybridized carbons (Fsp3) is 0.312. The number of methoxy groups -OCH3 is 1. The van der Waals surface area contributed by atoms with Crippen molar-refractivity contribution in [2.24, 2.45) is 0 Å². The lowest BCUT2D eigenvalue weighted by Gasteiger charge is -2.09. The number of nitrogens with zero attached hydrogens (tertiary/aromatic N) is 1. The van der Waals surface area contributed by atoms with Crippen molar-refractivity contribution in [1.82, 2.24) is 15.8 Å². The number of carbonyl (C=O) groups is 2. The number of hydrogen-bond acceptors (Lipinski definition) is 5. The molecule has 1 saturated heterocycles. The van der Waals surface area contributed by atoms with Crippen LogP contribution in [0.15, 0.2) is 34.9 Å². The minimum atomic E-state index is -0.452. The monoisotopic (exact) mass is 315 g/mol. The van der Waals surface area contributed by atoms with E-state index in [1.54, 1.807) is 13.2 Å². The molecule has 0 bridgehead atoms. The van der Waals surface area contributed by atoms with Gasteiger partial charge in [0.1, 0.15) is 17.5 Å². The molecule has 7 heteroatoms. The molecular formula is C16H17N3O4. The molecule has 1 aromatic heterocycles. The number of ether oxygens (including phenoxy) is 1. The number of aromatic nitrogens is 1. The average molecular weight is 315 g/mol. The van der Waals surface area contributed by atoms with Crippen LogP contribution in [0.4, 0.5) is 0 Å². The molecule has 1 aromatic carbocycles. The standard InChI is InChI=1S/C16H17N3O4/c1-22-12-4-2-3-10(7-12)14-8-11(19-23-14)9-17-16(21)13-5-6-15(20)18-13/h2-4,7-8,13H,5-6,9H2,1H3,(H,17,21)(H,18,20)/t13-/m1/s1. The fourth-order valence-corrected chi connectivity index (χ4v) is 2.42. The quantitative estimate of drug-likeness (QED) is 0.866. The molecule has 0 radical (unpaired) electrons. The van der Waals surface area contributed by atoms with Crippen molar-refractivity contribution in [3.8, 4) is 17.1 Å². The van der Waals surface area contributed by atoms with Gasteiger partial charge in [-0.3, -0.25) is 9.59 Å². The summed E-state index contributed by atoms with van der Waals surface area (Å²) >= 11 is 0. The van der Waals surface area contributed by atoms with Gasteiger partial charge in [-0.1, -0.05) is 17.3 Å². The third-order valence-corrected chi connectivity index (χ3v) is 3.67. The van der Waals surface area contributed by atoms with Crippen LogP contribution in [0.3, 0.4) is 0 Å². The van der Waals surface area contributed by atoms with Gasteiger partial charge < -0.3 is 19.9 Å². The van der Waals surface area contributed by atoms with Gasteiger partial charge in [-0.2, -0.15) is 0 Å². The van der Waals surface area contributed by atoms with Gasteiger partial charge in [-0.05, 0) is 18.6 Å². The zero-order valence-corrected chi connectivity index (χ0v) is 12.7. The van der Waals surface area contributed by atoms with Crippen LogP contribution >= 0.6 is 0 Å². The van der Waals surface area contributed by atoms with Gasteiger partial charge >= 0.3 is 0 Å². The van der Waals surface area contributed by atoms with Crippen molar-refractivity contribution in [3.05, 3.63) is 36.0 Å². The van der Waals surface area contributed by atoms with Crippen LogP contribution in [0.25, 0.3) is 11.3 Å². The van der Waals surface area contributed by atoms with Gasteiger partial charge in [0.05, 0.1) is 13.7 Å². The lowest BCUT2D eigenvalue weighted by atomic mass is 10.1. The van der Waals surface area contributed by atoms with Crippen LogP contribution in [0.5, 0.6) is 5.75 Å². The molecule has 0 spiro atoms. The van der Waals surface area contributed by atoms with Crippen molar-refractivity contribution in [3.63, 3.8) is 0 Å². The summed E-state index contributed by atoms with van der Waals surface area (Å²) in [7, 11) is 1.60. The molecule has 1 fully saturated rings. The van der Waals surface area contributed by atoms with Gasteiger partial charge in [-0.25, -0.2) is 0 Å². The van der Waals surface area contributed by atoms with E-state index in [-0.39, 0.29) is 18.4 Å². The molecule has 23 heavy (non-hydrogen) atoms. The SMILES string of the molecule is COc1cccc(-c2cc(CNC(=O)[C@H]3CCC(=O)N3)no2)c1. The van der Waals surface area contributed by atoms with E-state index in [0.29, 0.717) is 24.3 Å². The Morgan fingerprint density at radius 3 is 3.09 bits per heavy atom. The maximum absolute atomic E-state index is 11.9. The van der Waals surface area contributed by atoms with Gasteiger partial charge in [0.15, 0.2) is 5.76 Å². The zero-order chi connectivity index (χ0) is 16.2. The number of amides is 2. The number of nitrogens with one attached hydrogen (secondary N) is 2. The summed E-state index contributed by atoms with van der Waals surface area (Å²) in [6.45, 7) is 0.249. The lowest BCUT2D eigenvalue weighted by molar-refractivity contribution is -0.125. The normalized spacial score (nSPS) is 16.9. The van der Waals surface area contributed by atoms with Crippen LogP contribution in [-0.2, 0) is 16.1 Å². The fourth-order valence-electron chi connectivity index (χ4n) is 2.42. The van der Waals surface area contributed by atoms with E-state index >= 15 is 0 Å². The van der Waals surface area contributed by atoms with Gasteiger partial charge in [0.2, 0.25) is 11.8 Å². The predicted molar refractivity (Wildman–Crippen MR) is 81.5 cm³/mol. The van der Waals surface area contributed by atoms with Crippen LogP contribution in [-0.4, -0.2) is 30.1 Å². The second kappa shape index (κ2) is 6.51. The molecule has 1 aliphatic heterocycles. The molecule has 1 atom stereocenters. The highest BCUT2D eigenvalue weighted by atomic mass is 16.5. The van der Waals surface area contributed by atoms with Crippen molar-refractivity contribution >= 4 is 11.8 Å². The zero-order valence-electron chi connectivity index (χ0n) is 12.7. The second-order valence-electron chi connectivity index (χ2n) is 5.29. The maximum Gasteiger partial charge on any atom is 0.242 e. The Balaban J connectivity index is 1.61. The lowest BCUT2D eigenvalue weighted by Crippen LogP contribution is -2.41. The Hall–Kier alpha value is -2.83. The third-order valence-electron chi connectivity index (χ3n) is 3.67. The molecule has 2 amide bonds. The van der Waals surface area contributed by atoms with E-state index < -0.39 is 6.04 Å². The van der Waals surface area contributed by atoms with Crippen molar-refractivity contribution in [2.75, 3.05) is 7.11 Å². The van der Waals surface area contributed by atoms with Gasteiger partial charge in [-0.15, -0.1) is 0 Å². The van der Waals surface area contributed by atoms with E-state index in [1.807, 2.05) is 24.3 Å². The number of carbonyl (C=O) groups excluding carboxylic acids is 2. The minimum absolute atomic E-state index is 0.0908. The molecule has 0 unspecified atom stereocenters. The first-order chi connectivity index (χ1) is 11.2. The summed E-state index contributed by atoms with van der Waals surface area (Å²) in [4.78, 5) is 23.0. The van der Waals surface area contributed by atoms with Crippen molar-refractivity contribution in [2.45, 2.75) is 25.4 Å². The van der Waals surface area contributed by atoms with Crippen LogP contribution in [0, 0.1) is 0 Å². The minimum Gasteiger partial charge on any atom is -0.497 e. The average Bonchev–Trinajstić information content (AvgIpc) is 3.22. The van der Waals surface area contributed by atoms with E-state index in [4.69, 9.17) is 9.26 Å². The summed E-state index contributed by atoms with van der Waals surface area (Å²) in [6.07, 6.45) is 0.917. The summed E-state index contributed by atoms with van der Waals surface area (Å²) in [6, 6.07) is 8.75. The van der Waals surface area contributed by atoms with Gasteiger partial charge in [0, 0.05) is 18.1 Å². The second-order valence-corrected chi connectivity index (χ2v) is 5.29. The molecule has 2 aromatic rings. The van der Waals surface area contributed by atoms with Crippen LogP contribution in [0.2, 0.25) is 0 Å². The number of rotatable bonds is 5. The number of hydrogen-bond donors (Lipinski definition) is 2. The van der Waals surface area contributed by atoms with E-state index in [1.165, 1.54) is 0 Å². The largest absolute Gasteiger partial charge is 0.497 e. The Labute approximate surface area is 133 Å². The summed E-state index contributed by atoms with van der Waals surface area (Å²) < 4.78 is 10.5. The highest BCUT2D eigenvalue weighted by molar-refractivity contribution is 5.90. The Kier molecular flexibility index (Phi) is 4.27. The Bertz CT molecular complexity index is 726. The molecule has 7 nitrogen and oxygen atoms in total. The molecule has 2 heterocycles. The summed E-state index contributed by atoms with van der Waals surface area (Å²) in [5.74, 6) is 1.03. The molecule has 3 rings (SSSR count). The van der Waals surface area contributed by atoms with Crippen molar-refractivity contribution < 1.29 is 18.8 Å². The molecule has 2 N–H and O–H groups in total. The molecule has 120 valence electrons. The van der Waals surface area contributed by atoms with E-state index in [2.05, 4.69) is 15.8 Å². The van der Waals surface area contributed by atoms with Crippen molar-refractivity contribution in [1.29, 1.82) is 0 Å². The van der Waals surface area contributed by atoms with E-state index in [0.717, 1.165) is 11.3 Å². The maximum atomic E-state index is 11.9.